The quantitative estimate of drug-likeness (QED) is 0.0717. The minimum Gasteiger partial charge on any atom is -0.489 e. The zero-order chi connectivity index (χ0) is 44.8. The topological polar surface area (TPSA) is 108 Å². The van der Waals surface area contributed by atoms with Crippen molar-refractivity contribution in [3.05, 3.63) is 200 Å². The molecule has 10 heteroatoms. The van der Waals surface area contributed by atoms with Gasteiger partial charge in [0, 0.05) is 26.1 Å². The van der Waals surface area contributed by atoms with Crippen LogP contribution in [0.5, 0.6) is 11.5 Å². The number of carbonyl (C=O) groups excluding carboxylic acids is 2. The number of β-lactam (4-membered cyclic amide) rings is 2. The summed E-state index contributed by atoms with van der Waals surface area (Å²) in [6.07, 6.45) is 1.14. The van der Waals surface area contributed by atoms with E-state index < -0.39 is 7.12 Å². The second-order valence-electron chi connectivity index (χ2n) is 12.6. The Balaban J connectivity index is 0.000000897. The minimum absolute atomic E-state index is 0. The summed E-state index contributed by atoms with van der Waals surface area (Å²) in [5.74, 6) is 1.97. The van der Waals surface area contributed by atoms with Crippen molar-refractivity contribution >= 4 is 30.1 Å². The molecule has 2 aliphatic heterocycles. The van der Waals surface area contributed by atoms with E-state index in [1.54, 1.807) is 24.3 Å². The van der Waals surface area contributed by atoms with Crippen molar-refractivity contribution in [3.63, 3.8) is 0 Å². The first-order chi connectivity index (χ1) is 29.9. The molecule has 0 aromatic heterocycles. The van der Waals surface area contributed by atoms with Crippen LogP contribution in [0.3, 0.4) is 0 Å². The first-order valence-corrected chi connectivity index (χ1v) is 21.5. The summed E-state index contributed by atoms with van der Waals surface area (Å²) in [5, 5.41) is 20.0. The normalized spacial score (nSPS) is 13.5. The van der Waals surface area contributed by atoms with E-state index in [0.29, 0.717) is 31.5 Å². The van der Waals surface area contributed by atoms with E-state index in [4.69, 9.17) is 19.5 Å². The third-order valence-corrected chi connectivity index (χ3v) is 8.85. The molecule has 0 bridgehead atoms. The van der Waals surface area contributed by atoms with Crippen molar-refractivity contribution in [2.24, 2.45) is 0 Å². The van der Waals surface area contributed by atoms with Crippen LogP contribution in [0.4, 0.5) is 5.69 Å². The summed E-state index contributed by atoms with van der Waals surface area (Å²) in [6.45, 7) is 17.1. The van der Waals surface area contributed by atoms with Crippen LogP contribution >= 0.6 is 0 Å². The Labute approximate surface area is 392 Å². The molecular weight excluding hydrogens is 878 g/mol. The molecule has 2 heterocycles. The second kappa shape index (κ2) is 34.0. The summed E-state index contributed by atoms with van der Waals surface area (Å²) in [5.41, 5.74) is 6.04. The molecule has 0 radical (unpaired) electrons. The van der Waals surface area contributed by atoms with Crippen molar-refractivity contribution in [1.29, 1.82) is 0 Å². The number of hydrogen-bond donors (Lipinski definition) is 3. The van der Waals surface area contributed by atoms with E-state index in [1.807, 2.05) is 206 Å². The number of ether oxygens (including phenoxy) is 2. The van der Waals surface area contributed by atoms with Gasteiger partial charge < -0.3 is 37.2 Å². The van der Waals surface area contributed by atoms with Gasteiger partial charge in [0.1, 0.15) is 24.7 Å². The summed E-state index contributed by atoms with van der Waals surface area (Å²) in [6, 6.07) is 54.9. The summed E-state index contributed by atoms with van der Waals surface area (Å²) >= 11 is 0. The smallest absolute Gasteiger partial charge is 0.488 e. The average molecular weight is 946 g/mol. The van der Waals surface area contributed by atoms with Gasteiger partial charge in [0.15, 0.2) is 0 Å². The zero-order valence-corrected chi connectivity index (χ0v) is 40.1. The van der Waals surface area contributed by atoms with Gasteiger partial charge in [-0.25, -0.2) is 0 Å². The number of amides is 2. The van der Waals surface area contributed by atoms with Crippen LogP contribution in [0.1, 0.15) is 103 Å². The Bertz CT molecular complexity index is 2020. The van der Waals surface area contributed by atoms with Crippen LogP contribution in [0, 0.1) is 7.43 Å². The largest absolute Gasteiger partial charge is 0.489 e. The fourth-order valence-electron chi connectivity index (χ4n) is 5.85. The molecule has 8 rings (SSSR count). The molecule has 0 saturated carbocycles. The van der Waals surface area contributed by atoms with Crippen LogP contribution in [0.25, 0.3) is 0 Å². The average Bonchev–Trinajstić information content (AvgIpc) is 3.33. The van der Waals surface area contributed by atoms with Crippen molar-refractivity contribution < 1.29 is 49.5 Å². The fourth-order valence-corrected chi connectivity index (χ4v) is 5.85. The predicted octanol–water partition coefficient (Wildman–Crippen LogP) is 11.5. The maximum atomic E-state index is 12.0. The Morgan fingerprint density at radius 3 is 1.25 bits per heavy atom. The predicted molar refractivity (Wildman–Crippen MR) is 259 cm³/mol. The molecule has 63 heavy (non-hydrogen) atoms. The third kappa shape index (κ3) is 19.6. The molecule has 2 aliphatic rings. The van der Waals surface area contributed by atoms with Crippen molar-refractivity contribution in [2.45, 2.75) is 93.5 Å². The molecule has 6 aromatic carbocycles. The summed E-state index contributed by atoms with van der Waals surface area (Å²) < 4.78 is 11.5. The summed E-state index contributed by atoms with van der Waals surface area (Å²) in [7, 11) is -1.34. The van der Waals surface area contributed by atoms with E-state index in [0.717, 1.165) is 39.4 Å². The van der Waals surface area contributed by atoms with Gasteiger partial charge in [-0.2, -0.15) is 0 Å². The molecule has 0 spiro atoms. The van der Waals surface area contributed by atoms with E-state index in [-0.39, 0.29) is 51.7 Å². The Kier molecular flexibility index (Phi) is 31.1. The summed E-state index contributed by atoms with van der Waals surface area (Å²) in [4.78, 5) is 24.8. The fraction of sp³-hybridized carbons (Fsp3) is 0.264. The van der Waals surface area contributed by atoms with Gasteiger partial charge in [0.05, 0.1) is 24.9 Å². The van der Waals surface area contributed by atoms with E-state index in [9.17, 15) is 9.59 Å². The number of benzene rings is 6. The van der Waals surface area contributed by atoms with Gasteiger partial charge in [-0.05, 0) is 64.1 Å². The standard InChI is InChI=1S/C22H19NO2.C16H15NO2.C6H7BO2.4C2H6.CH3.Pd/c24-22-15-21(23(22)19-9-5-2-6-10-19)18-11-13-20(14-12-18)25-16-17-7-3-1-4-8-17;18-16-10-15(17-16)13-6-8-14(9-7-13)19-11-12-4-2-1-3-5-12;8-7(9)6-4-2-1-3-5-6;4*1-2;;/h1-14,21H,15-16H2;1-9,15H,10-11H2,(H,17,18);1-5,8-9H;4*1-2H3;1H3;/q;;;;;;;-1;/t21-;15-;;;;;;;/m00......./s1. The molecule has 0 aliphatic carbocycles. The molecular formula is C53H68BN2O6Pd-. The van der Waals surface area contributed by atoms with Crippen LogP contribution in [-0.2, 0) is 43.2 Å². The number of nitrogens with one attached hydrogen (secondary N) is 1. The molecule has 3 N–H and O–H groups in total. The van der Waals surface area contributed by atoms with Crippen molar-refractivity contribution in [1.82, 2.24) is 5.32 Å². The SMILES string of the molecule is CC.CC.CC.CC.O=C1C[C@@H](c2ccc(OCc3ccccc3)cc2)N1.O=C1C[C@@H](c2ccc(OCc3ccccc3)cc2)N1c1ccccc1.OB(O)c1ccccc1.[CH3-].[Pd]. The maximum absolute atomic E-state index is 12.0. The van der Waals surface area contributed by atoms with Crippen LogP contribution < -0.4 is 25.2 Å². The van der Waals surface area contributed by atoms with Crippen molar-refractivity contribution in [3.8, 4) is 11.5 Å². The molecule has 8 nitrogen and oxygen atoms in total. The number of hydrogen-bond acceptors (Lipinski definition) is 6. The molecule has 2 fully saturated rings. The van der Waals surface area contributed by atoms with Crippen molar-refractivity contribution in [2.75, 3.05) is 4.90 Å². The van der Waals surface area contributed by atoms with Crippen LogP contribution in [-0.4, -0.2) is 29.0 Å². The van der Waals surface area contributed by atoms with E-state index in [2.05, 4.69) is 5.32 Å². The molecule has 340 valence electrons. The first-order valence-electron chi connectivity index (χ1n) is 21.5. The van der Waals surface area contributed by atoms with Crippen LogP contribution in [0.15, 0.2) is 170 Å². The maximum Gasteiger partial charge on any atom is 0.488 e. The number of carbonyl (C=O) groups is 2. The Morgan fingerprint density at radius 1 is 0.540 bits per heavy atom. The molecule has 2 atom stereocenters. The minimum atomic E-state index is -1.34. The Hall–Kier alpha value is -5.49. The third-order valence-electron chi connectivity index (χ3n) is 8.85. The molecule has 2 amide bonds. The van der Waals surface area contributed by atoms with E-state index >= 15 is 0 Å². The zero-order valence-electron chi connectivity index (χ0n) is 38.5. The van der Waals surface area contributed by atoms with Gasteiger partial charge in [0.2, 0.25) is 11.8 Å². The number of nitrogens with zero attached hydrogens (tertiary/aromatic N) is 1. The monoisotopic (exact) mass is 945 g/mol. The number of anilines is 1. The molecule has 0 unspecified atom stereocenters. The number of para-hydroxylation sites is 1. The van der Waals surface area contributed by atoms with Gasteiger partial charge in [-0.3, -0.25) is 9.59 Å². The number of rotatable bonds is 10. The molecule has 2 saturated heterocycles. The van der Waals surface area contributed by atoms with Gasteiger partial charge >= 0.3 is 7.12 Å². The second-order valence-corrected chi connectivity index (χ2v) is 12.6. The van der Waals surface area contributed by atoms with Gasteiger partial charge in [-0.1, -0.05) is 189 Å². The van der Waals surface area contributed by atoms with Gasteiger partial charge in [-0.15, -0.1) is 0 Å². The molecule has 6 aromatic rings. The van der Waals surface area contributed by atoms with Gasteiger partial charge in [0.25, 0.3) is 0 Å². The Morgan fingerprint density at radius 2 is 0.905 bits per heavy atom. The first kappa shape index (κ1) is 57.5. The van der Waals surface area contributed by atoms with Crippen LogP contribution in [0.2, 0.25) is 0 Å². The van der Waals surface area contributed by atoms with E-state index in [1.165, 1.54) is 0 Å².